The van der Waals surface area contributed by atoms with Crippen molar-refractivity contribution in [3.05, 3.63) is 0 Å². The highest BCUT2D eigenvalue weighted by molar-refractivity contribution is 7.80. The smallest absolute Gasteiger partial charge is 0.133 e. The molecule has 0 aliphatic rings. The van der Waals surface area contributed by atoms with E-state index in [1.54, 1.807) is 0 Å². The van der Waals surface area contributed by atoms with E-state index in [2.05, 4.69) is 12.6 Å². The topological polar surface area (TPSA) is 43.1 Å². The molecule has 0 bridgehead atoms. The Morgan fingerprint density at radius 3 is 2.56 bits per heavy atom. The summed E-state index contributed by atoms with van der Waals surface area (Å²) in [4.78, 5) is 10.7. The van der Waals surface area contributed by atoms with Crippen molar-refractivity contribution in [1.29, 1.82) is 0 Å². The number of Topliss-reactive ketones (excluding diaryl/α,β-unsaturated/α-hetero) is 1. The van der Waals surface area contributed by atoms with E-state index in [0.717, 1.165) is 6.42 Å². The van der Waals surface area contributed by atoms with E-state index < -0.39 is 0 Å². The van der Waals surface area contributed by atoms with Crippen molar-refractivity contribution in [2.24, 2.45) is 5.73 Å². The van der Waals surface area contributed by atoms with Crippen LogP contribution >= 0.6 is 12.6 Å². The molecule has 0 rings (SSSR count). The van der Waals surface area contributed by atoms with E-state index in [-0.39, 0.29) is 5.78 Å². The van der Waals surface area contributed by atoms with E-state index in [9.17, 15) is 4.79 Å². The zero-order chi connectivity index (χ0) is 7.11. The molecular formula is C6H13NOS. The van der Waals surface area contributed by atoms with Gasteiger partial charge in [-0.05, 0) is 18.7 Å². The lowest BCUT2D eigenvalue weighted by atomic mass is 10.2. The Labute approximate surface area is 61.2 Å². The first-order chi connectivity index (χ1) is 4.31. The molecule has 0 atom stereocenters. The van der Waals surface area contributed by atoms with Gasteiger partial charge in [-0.25, -0.2) is 0 Å². The average Bonchev–Trinajstić information content (AvgIpc) is 1.85. The van der Waals surface area contributed by atoms with Crippen LogP contribution in [-0.2, 0) is 4.79 Å². The summed E-state index contributed by atoms with van der Waals surface area (Å²) in [6.07, 6.45) is 2.02. The van der Waals surface area contributed by atoms with Gasteiger partial charge in [0.15, 0.2) is 0 Å². The number of hydrogen-bond donors (Lipinski definition) is 2. The Morgan fingerprint density at radius 2 is 2.11 bits per heavy atom. The standard InChI is InChI=1S/C6H13NOS/c7-4-1-2-6(8)3-5-9/h9H,1-5,7H2. The van der Waals surface area contributed by atoms with Crippen LogP contribution in [0.3, 0.4) is 0 Å². The van der Waals surface area contributed by atoms with E-state index in [1.807, 2.05) is 0 Å². The molecule has 0 radical (unpaired) electrons. The molecule has 3 heteroatoms. The predicted octanol–water partition coefficient (Wildman–Crippen LogP) is 0.614. The Kier molecular flexibility index (Phi) is 6.09. The van der Waals surface area contributed by atoms with E-state index >= 15 is 0 Å². The van der Waals surface area contributed by atoms with Crippen LogP contribution in [0.4, 0.5) is 0 Å². The second kappa shape index (κ2) is 6.11. The lowest BCUT2D eigenvalue weighted by Crippen LogP contribution is -2.04. The zero-order valence-corrected chi connectivity index (χ0v) is 6.36. The van der Waals surface area contributed by atoms with E-state index in [1.165, 1.54) is 0 Å². The van der Waals surface area contributed by atoms with E-state index in [0.29, 0.717) is 25.1 Å². The third kappa shape index (κ3) is 5.86. The van der Waals surface area contributed by atoms with Gasteiger partial charge in [-0.2, -0.15) is 12.6 Å². The van der Waals surface area contributed by atoms with Crippen LogP contribution in [0.2, 0.25) is 0 Å². The maximum Gasteiger partial charge on any atom is 0.133 e. The summed E-state index contributed by atoms with van der Waals surface area (Å²) >= 11 is 3.93. The normalized spacial score (nSPS) is 9.56. The monoisotopic (exact) mass is 147 g/mol. The fourth-order valence-electron chi connectivity index (χ4n) is 0.549. The highest BCUT2D eigenvalue weighted by Gasteiger charge is 1.97. The molecule has 0 unspecified atom stereocenters. The summed E-state index contributed by atoms with van der Waals surface area (Å²) in [7, 11) is 0. The van der Waals surface area contributed by atoms with Crippen molar-refractivity contribution in [3.63, 3.8) is 0 Å². The second-order valence-electron chi connectivity index (χ2n) is 1.90. The minimum Gasteiger partial charge on any atom is -0.330 e. The van der Waals surface area contributed by atoms with Gasteiger partial charge in [0.2, 0.25) is 0 Å². The largest absolute Gasteiger partial charge is 0.330 e. The van der Waals surface area contributed by atoms with Crippen molar-refractivity contribution in [1.82, 2.24) is 0 Å². The van der Waals surface area contributed by atoms with Gasteiger partial charge in [-0.3, -0.25) is 4.79 Å². The first-order valence-electron chi connectivity index (χ1n) is 3.14. The third-order valence-corrected chi connectivity index (χ3v) is 1.27. The van der Waals surface area contributed by atoms with Crippen LogP contribution in [0.15, 0.2) is 0 Å². The van der Waals surface area contributed by atoms with Crippen LogP contribution in [0, 0.1) is 0 Å². The summed E-state index contributed by atoms with van der Waals surface area (Å²) in [5.74, 6) is 0.930. The predicted molar refractivity (Wildman–Crippen MR) is 41.8 cm³/mol. The summed E-state index contributed by atoms with van der Waals surface area (Å²) < 4.78 is 0. The van der Waals surface area contributed by atoms with Gasteiger partial charge in [-0.1, -0.05) is 0 Å². The number of hydrogen-bond acceptors (Lipinski definition) is 3. The quantitative estimate of drug-likeness (QED) is 0.560. The van der Waals surface area contributed by atoms with Crippen molar-refractivity contribution in [2.45, 2.75) is 19.3 Å². The van der Waals surface area contributed by atoms with Gasteiger partial charge < -0.3 is 5.73 Å². The molecule has 0 amide bonds. The van der Waals surface area contributed by atoms with Crippen LogP contribution in [0.25, 0.3) is 0 Å². The van der Waals surface area contributed by atoms with Gasteiger partial charge in [0.25, 0.3) is 0 Å². The Balaban J connectivity index is 3.06. The molecule has 54 valence electrons. The fraction of sp³-hybridized carbons (Fsp3) is 0.833. The van der Waals surface area contributed by atoms with Gasteiger partial charge >= 0.3 is 0 Å². The minimum absolute atomic E-state index is 0.274. The van der Waals surface area contributed by atoms with Gasteiger partial charge in [0.1, 0.15) is 5.78 Å². The molecule has 0 aromatic heterocycles. The van der Waals surface area contributed by atoms with Crippen LogP contribution in [-0.4, -0.2) is 18.1 Å². The van der Waals surface area contributed by atoms with Crippen molar-refractivity contribution in [3.8, 4) is 0 Å². The second-order valence-corrected chi connectivity index (χ2v) is 2.35. The Hall–Kier alpha value is -0.0200. The molecule has 0 spiro atoms. The maximum absolute atomic E-state index is 10.7. The lowest BCUT2D eigenvalue weighted by Gasteiger charge is -1.93. The van der Waals surface area contributed by atoms with Crippen molar-refractivity contribution < 1.29 is 4.79 Å². The average molecular weight is 147 g/mol. The molecule has 0 aliphatic carbocycles. The number of rotatable bonds is 5. The number of carbonyl (C=O) groups is 1. The molecule has 9 heavy (non-hydrogen) atoms. The van der Waals surface area contributed by atoms with Gasteiger partial charge in [0.05, 0.1) is 0 Å². The Morgan fingerprint density at radius 1 is 1.44 bits per heavy atom. The molecule has 0 saturated carbocycles. The Bertz CT molecular complexity index is 85.1. The zero-order valence-electron chi connectivity index (χ0n) is 5.47. The summed E-state index contributed by atoms with van der Waals surface area (Å²) in [6.45, 7) is 0.609. The number of ketones is 1. The van der Waals surface area contributed by atoms with E-state index in [4.69, 9.17) is 5.73 Å². The SMILES string of the molecule is NCCCC(=O)CCS. The fourth-order valence-corrected chi connectivity index (χ4v) is 0.798. The van der Waals surface area contributed by atoms with Crippen LogP contribution in [0.5, 0.6) is 0 Å². The van der Waals surface area contributed by atoms with Gasteiger partial charge in [0, 0.05) is 12.8 Å². The molecule has 0 aromatic carbocycles. The molecule has 0 aliphatic heterocycles. The maximum atomic E-state index is 10.7. The lowest BCUT2D eigenvalue weighted by molar-refractivity contribution is -0.118. The number of nitrogens with two attached hydrogens (primary N) is 1. The molecule has 2 nitrogen and oxygen atoms in total. The number of carbonyl (C=O) groups excluding carboxylic acids is 1. The molecule has 0 saturated heterocycles. The minimum atomic E-state index is 0.274. The molecule has 0 aromatic rings. The highest BCUT2D eigenvalue weighted by atomic mass is 32.1. The molecular weight excluding hydrogens is 134 g/mol. The highest BCUT2D eigenvalue weighted by Crippen LogP contribution is 1.94. The van der Waals surface area contributed by atoms with Crippen LogP contribution in [0.1, 0.15) is 19.3 Å². The summed E-state index contributed by atoms with van der Waals surface area (Å²) in [5.41, 5.74) is 5.20. The third-order valence-electron chi connectivity index (χ3n) is 1.05. The first-order valence-corrected chi connectivity index (χ1v) is 3.77. The number of thiol groups is 1. The van der Waals surface area contributed by atoms with Crippen molar-refractivity contribution >= 4 is 18.4 Å². The molecule has 2 N–H and O–H groups in total. The van der Waals surface area contributed by atoms with Crippen molar-refractivity contribution in [2.75, 3.05) is 12.3 Å². The molecule has 0 heterocycles. The molecule has 0 fully saturated rings. The van der Waals surface area contributed by atoms with Gasteiger partial charge in [-0.15, -0.1) is 0 Å². The van der Waals surface area contributed by atoms with Crippen LogP contribution < -0.4 is 5.73 Å². The summed E-state index contributed by atoms with van der Waals surface area (Å²) in [5, 5.41) is 0. The first kappa shape index (κ1) is 8.98. The summed E-state index contributed by atoms with van der Waals surface area (Å²) in [6, 6.07) is 0.